The number of hydrogen-bond donors (Lipinski definition) is 0. The van der Waals surface area contributed by atoms with Gasteiger partial charge < -0.3 is 0 Å². The van der Waals surface area contributed by atoms with Crippen molar-refractivity contribution in [2.75, 3.05) is 6.54 Å². The molecule has 0 N–H and O–H groups in total. The second-order valence-electron chi connectivity index (χ2n) is 4.29. The summed E-state index contributed by atoms with van der Waals surface area (Å²) in [7, 11) is 0. The summed E-state index contributed by atoms with van der Waals surface area (Å²) in [5, 5.41) is 0. The molecule has 1 saturated heterocycles. The maximum Gasteiger partial charge on any atom is 0.131 e. The summed E-state index contributed by atoms with van der Waals surface area (Å²) in [6, 6.07) is 11.6. The van der Waals surface area contributed by atoms with E-state index in [1.54, 1.807) is 6.92 Å². The molecule has 2 nitrogen and oxygen atoms in total. The van der Waals surface area contributed by atoms with Crippen LogP contribution in [0.5, 0.6) is 0 Å². The van der Waals surface area contributed by atoms with Crippen LogP contribution in [-0.2, 0) is 4.79 Å². The van der Waals surface area contributed by atoms with E-state index in [9.17, 15) is 4.79 Å². The van der Waals surface area contributed by atoms with Crippen molar-refractivity contribution in [1.82, 2.24) is 4.90 Å². The summed E-state index contributed by atoms with van der Waals surface area (Å²) >= 11 is 0. The highest BCUT2D eigenvalue weighted by atomic mass is 16.1. The number of Topliss-reactive ketones (excluding diaryl/α,β-unsaturated/α-hetero) is 1. The zero-order valence-corrected chi connectivity index (χ0v) is 9.31. The maximum atomic E-state index is 10.9. The van der Waals surface area contributed by atoms with Crippen LogP contribution < -0.4 is 0 Å². The van der Waals surface area contributed by atoms with Crippen molar-refractivity contribution in [2.24, 2.45) is 0 Å². The van der Waals surface area contributed by atoms with Crippen molar-refractivity contribution >= 4 is 5.78 Å². The van der Waals surface area contributed by atoms with E-state index in [1.807, 2.05) is 6.07 Å². The van der Waals surface area contributed by atoms with E-state index < -0.39 is 0 Å². The Labute approximate surface area is 90.9 Å². The van der Waals surface area contributed by atoms with Crippen molar-refractivity contribution in [1.29, 1.82) is 0 Å². The lowest BCUT2D eigenvalue weighted by Gasteiger charge is -2.01. The Kier molecular flexibility index (Phi) is 2.87. The van der Waals surface area contributed by atoms with E-state index in [0.717, 1.165) is 6.54 Å². The Morgan fingerprint density at radius 1 is 1.33 bits per heavy atom. The minimum absolute atomic E-state index is 0.279. The maximum absolute atomic E-state index is 10.9. The molecule has 0 spiro atoms. The van der Waals surface area contributed by atoms with Crippen LogP contribution in [0.1, 0.15) is 31.9 Å². The molecular weight excluding hydrogens is 186 g/mol. The van der Waals surface area contributed by atoms with Gasteiger partial charge in [-0.2, -0.15) is 0 Å². The third-order valence-electron chi connectivity index (χ3n) is 3.11. The molecule has 80 valence electrons. The Morgan fingerprint density at radius 2 is 2.00 bits per heavy atom. The molecule has 0 bridgehead atoms. The number of nitrogens with zero attached hydrogens (tertiary/aromatic N) is 1. The van der Waals surface area contributed by atoms with Crippen LogP contribution in [0, 0.1) is 0 Å². The van der Waals surface area contributed by atoms with Gasteiger partial charge in [-0.05, 0) is 19.4 Å². The number of rotatable bonds is 4. The summed E-state index contributed by atoms with van der Waals surface area (Å²) in [5.41, 5.74) is 1.37. The van der Waals surface area contributed by atoms with Crippen LogP contribution in [0.4, 0.5) is 0 Å². The monoisotopic (exact) mass is 203 g/mol. The van der Waals surface area contributed by atoms with Crippen molar-refractivity contribution in [3.8, 4) is 0 Å². The van der Waals surface area contributed by atoms with Gasteiger partial charge in [-0.3, -0.25) is 9.69 Å². The summed E-state index contributed by atoms with van der Waals surface area (Å²) in [6.45, 7) is 4.78. The van der Waals surface area contributed by atoms with Gasteiger partial charge in [0, 0.05) is 19.0 Å². The lowest BCUT2D eigenvalue weighted by atomic mass is 10.1. The predicted molar refractivity (Wildman–Crippen MR) is 60.6 cm³/mol. The molecule has 0 aliphatic carbocycles. The van der Waals surface area contributed by atoms with E-state index >= 15 is 0 Å². The van der Waals surface area contributed by atoms with Crippen LogP contribution >= 0.6 is 0 Å². The normalized spacial score (nSPS) is 28.8. The van der Waals surface area contributed by atoms with Crippen molar-refractivity contribution < 1.29 is 4.79 Å². The second-order valence-corrected chi connectivity index (χ2v) is 4.29. The van der Waals surface area contributed by atoms with Gasteiger partial charge in [0.25, 0.3) is 0 Å². The molecule has 1 aromatic carbocycles. The molecule has 0 saturated carbocycles. The van der Waals surface area contributed by atoms with Gasteiger partial charge in [-0.1, -0.05) is 30.3 Å². The topological polar surface area (TPSA) is 20.1 Å². The van der Waals surface area contributed by atoms with Gasteiger partial charge in [0.1, 0.15) is 5.78 Å². The SMILES string of the molecule is CC(=O)CCN1[C@H](c2ccccc2)[C@@H]1C. The van der Waals surface area contributed by atoms with E-state index in [-0.39, 0.29) is 5.78 Å². The van der Waals surface area contributed by atoms with Crippen molar-refractivity contribution in [3.05, 3.63) is 35.9 Å². The highest BCUT2D eigenvalue weighted by Gasteiger charge is 2.43. The zero-order chi connectivity index (χ0) is 10.8. The van der Waals surface area contributed by atoms with E-state index in [1.165, 1.54) is 5.56 Å². The fourth-order valence-electron chi connectivity index (χ4n) is 2.16. The van der Waals surface area contributed by atoms with E-state index in [0.29, 0.717) is 18.5 Å². The zero-order valence-electron chi connectivity index (χ0n) is 9.31. The predicted octanol–water partition coefficient (Wildman–Crippen LogP) is 2.41. The first-order chi connectivity index (χ1) is 7.20. The Morgan fingerprint density at radius 3 is 2.60 bits per heavy atom. The van der Waals surface area contributed by atoms with Gasteiger partial charge in [-0.25, -0.2) is 0 Å². The van der Waals surface area contributed by atoms with Crippen LogP contribution in [0.25, 0.3) is 0 Å². The summed E-state index contributed by atoms with van der Waals surface area (Å²) in [4.78, 5) is 13.3. The largest absolute Gasteiger partial charge is 0.300 e. The molecule has 1 heterocycles. The molecule has 3 atom stereocenters. The van der Waals surface area contributed by atoms with Gasteiger partial charge in [0.2, 0.25) is 0 Å². The minimum atomic E-state index is 0.279. The molecule has 0 amide bonds. The Bertz CT molecular complexity index is 347. The third kappa shape index (κ3) is 2.26. The molecule has 2 heteroatoms. The van der Waals surface area contributed by atoms with E-state index in [4.69, 9.17) is 0 Å². The summed E-state index contributed by atoms with van der Waals surface area (Å²) < 4.78 is 0. The Hall–Kier alpha value is -1.15. The van der Waals surface area contributed by atoms with Crippen LogP contribution in [0.15, 0.2) is 30.3 Å². The molecule has 0 radical (unpaired) electrons. The van der Waals surface area contributed by atoms with Gasteiger partial charge in [-0.15, -0.1) is 0 Å². The van der Waals surface area contributed by atoms with Crippen LogP contribution in [0.2, 0.25) is 0 Å². The first-order valence-corrected chi connectivity index (χ1v) is 5.50. The molecule has 1 aromatic rings. The van der Waals surface area contributed by atoms with Gasteiger partial charge in [0.05, 0.1) is 6.04 Å². The van der Waals surface area contributed by atoms with Crippen LogP contribution in [-0.4, -0.2) is 23.3 Å². The highest BCUT2D eigenvalue weighted by Crippen LogP contribution is 2.42. The fraction of sp³-hybridized carbons (Fsp3) is 0.462. The number of ketones is 1. The van der Waals surface area contributed by atoms with E-state index in [2.05, 4.69) is 36.1 Å². The quantitative estimate of drug-likeness (QED) is 0.700. The van der Waals surface area contributed by atoms with Crippen molar-refractivity contribution in [3.63, 3.8) is 0 Å². The highest BCUT2D eigenvalue weighted by molar-refractivity contribution is 5.75. The molecule has 1 aliphatic rings. The molecule has 2 rings (SSSR count). The lowest BCUT2D eigenvalue weighted by Crippen LogP contribution is -2.06. The first kappa shape index (κ1) is 10.4. The average Bonchev–Trinajstić information content (AvgIpc) is 2.87. The second kappa shape index (κ2) is 4.15. The molecule has 15 heavy (non-hydrogen) atoms. The van der Waals surface area contributed by atoms with Crippen molar-refractivity contribution in [2.45, 2.75) is 32.4 Å². The fourth-order valence-corrected chi connectivity index (χ4v) is 2.16. The smallest absolute Gasteiger partial charge is 0.131 e. The standard InChI is InChI=1S/C13H17NO/c1-10(15)8-9-14-11(2)13(14)12-6-4-3-5-7-12/h3-7,11,13H,8-9H2,1-2H3/t11-,13-,14?/m0/s1. The molecule has 0 aromatic heterocycles. The van der Waals surface area contributed by atoms with Gasteiger partial charge in [0.15, 0.2) is 0 Å². The van der Waals surface area contributed by atoms with Crippen LogP contribution in [0.3, 0.4) is 0 Å². The number of hydrogen-bond acceptors (Lipinski definition) is 2. The number of carbonyl (C=O) groups is 1. The Balaban J connectivity index is 1.94. The third-order valence-corrected chi connectivity index (χ3v) is 3.11. The number of carbonyl (C=O) groups excluding carboxylic acids is 1. The molecular formula is C13H17NO. The average molecular weight is 203 g/mol. The number of benzene rings is 1. The summed E-state index contributed by atoms with van der Waals surface area (Å²) in [5.74, 6) is 0.279. The molecule has 1 fully saturated rings. The summed E-state index contributed by atoms with van der Waals surface area (Å²) in [6.07, 6.45) is 0.674. The molecule has 1 unspecified atom stereocenters. The first-order valence-electron chi connectivity index (χ1n) is 5.50. The molecule has 1 aliphatic heterocycles. The minimum Gasteiger partial charge on any atom is -0.300 e. The lowest BCUT2D eigenvalue weighted by molar-refractivity contribution is -0.117. The van der Waals surface area contributed by atoms with Gasteiger partial charge >= 0.3 is 0 Å².